The van der Waals surface area contributed by atoms with Crippen LogP contribution in [0.2, 0.25) is 0 Å². The Balaban J connectivity index is 2.50. The van der Waals surface area contributed by atoms with E-state index in [9.17, 15) is 4.39 Å². The number of hydrogen-bond donors (Lipinski definition) is 1. The highest BCUT2D eigenvalue weighted by atomic mass is 19.1. The summed E-state index contributed by atoms with van der Waals surface area (Å²) >= 11 is 0. The molecule has 17 heavy (non-hydrogen) atoms. The molecule has 2 N–H and O–H groups in total. The van der Waals surface area contributed by atoms with E-state index < -0.39 is 5.54 Å². The summed E-state index contributed by atoms with van der Waals surface area (Å²) in [6.07, 6.45) is 1.71. The molecule has 4 heteroatoms. The van der Waals surface area contributed by atoms with Crippen LogP contribution in [0.15, 0.2) is 12.1 Å². The Morgan fingerprint density at radius 1 is 1.35 bits per heavy atom. The molecule has 1 aliphatic carbocycles. The van der Waals surface area contributed by atoms with Crippen LogP contribution in [0.3, 0.4) is 0 Å². The second kappa shape index (κ2) is 4.18. The number of hydrogen-bond acceptors (Lipinski definition) is 3. The third-order valence-corrected chi connectivity index (χ3v) is 2.92. The lowest BCUT2D eigenvalue weighted by Gasteiger charge is -2.20. The van der Waals surface area contributed by atoms with Crippen LogP contribution in [0.1, 0.15) is 32.3 Å². The summed E-state index contributed by atoms with van der Waals surface area (Å²) in [5, 5.41) is 0. The number of nitrogens with two attached hydrogens (primary N) is 1. The van der Waals surface area contributed by atoms with Crippen LogP contribution >= 0.6 is 0 Å². The fourth-order valence-electron chi connectivity index (χ4n) is 1.85. The smallest absolute Gasteiger partial charge is 0.166 e. The second-order valence-corrected chi connectivity index (χ2v) is 4.81. The highest BCUT2D eigenvalue weighted by molar-refractivity contribution is 5.52. The molecule has 3 nitrogen and oxygen atoms in total. The summed E-state index contributed by atoms with van der Waals surface area (Å²) in [5.41, 5.74) is 6.40. The molecule has 0 unspecified atom stereocenters. The molecule has 1 aromatic carbocycles. The molecule has 0 atom stereocenters. The van der Waals surface area contributed by atoms with Crippen LogP contribution in [0.5, 0.6) is 11.5 Å². The Hall–Kier alpha value is -1.29. The van der Waals surface area contributed by atoms with E-state index in [2.05, 4.69) is 0 Å². The molecule has 1 fully saturated rings. The van der Waals surface area contributed by atoms with Crippen LogP contribution in [0.4, 0.5) is 4.39 Å². The van der Waals surface area contributed by atoms with Gasteiger partial charge >= 0.3 is 0 Å². The monoisotopic (exact) mass is 239 g/mol. The molecule has 0 heterocycles. The fourth-order valence-corrected chi connectivity index (χ4v) is 1.85. The van der Waals surface area contributed by atoms with Gasteiger partial charge in [0.2, 0.25) is 0 Å². The van der Waals surface area contributed by atoms with Crippen molar-refractivity contribution in [1.82, 2.24) is 0 Å². The van der Waals surface area contributed by atoms with Gasteiger partial charge in [-0.15, -0.1) is 0 Å². The predicted molar refractivity (Wildman–Crippen MR) is 63.8 cm³/mol. The van der Waals surface area contributed by atoms with E-state index >= 15 is 0 Å². The zero-order valence-electron chi connectivity index (χ0n) is 10.4. The van der Waals surface area contributed by atoms with Gasteiger partial charge in [-0.3, -0.25) is 0 Å². The van der Waals surface area contributed by atoms with E-state index in [0.29, 0.717) is 17.1 Å². The molecular weight excluding hydrogens is 221 g/mol. The molecule has 1 aromatic rings. The molecule has 0 amide bonds. The van der Waals surface area contributed by atoms with Crippen LogP contribution in [-0.4, -0.2) is 13.2 Å². The standard InChI is InChI=1S/C13H18FNO2/c1-8(2)17-12-10(13(15)4-5-13)6-9(14)7-11(12)16-3/h6-8H,4-5,15H2,1-3H3. The van der Waals surface area contributed by atoms with Gasteiger partial charge in [0.05, 0.1) is 13.2 Å². The van der Waals surface area contributed by atoms with Gasteiger partial charge in [0.25, 0.3) is 0 Å². The lowest BCUT2D eigenvalue weighted by molar-refractivity contribution is 0.225. The molecule has 0 aromatic heterocycles. The minimum Gasteiger partial charge on any atom is -0.493 e. The van der Waals surface area contributed by atoms with Gasteiger partial charge < -0.3 is 15.2 Å². The zero-order chi connectivity index (χ0) is 12.6. The van der Waals surface area contributed by atoms with Crippen molar-refractivity contribution in [3.8, 4) is 11.5 Å². The lowest BCUT2D eigenvalue weighted by Crippen LogP contribution is -2.21. The number of rotatable bonds is 4. The lowest BCUT2D eigenvalue weighted by atomic mass is 10.0. The molecule has 1 saturated carbocycles. The summed E-state index contributed by atoms with van der Waals surface area (Å²) in [5.74, 6) is 0.638. The Morgan fingerprint density at radius 3 is 2.47 bits per heavy atom. The van der Waals surface area contributed by atoms with Gasteiger partial charge in [0, 0.05) is 17.2 Å². The fraction of sp³-hybridized carbons (Fsp3) is 0.538. The molecule has 0 saturated heterocycles. The summed E-state index contributed by atoms with van der Waals surface area (Å²) in [6, 6.07) is 2.78. The van der Waals surface area contributed by atoms with Crippen LogP contribution in [0.25, 0.3) is 0 Å². The highest BCUT2D eigenvalue weighted by Crippen LogP contribution is 2.49. The summed E-state index contributed by atoms with van der Waals surface area (Å²) in [7, 11) is 1.50. The minimum absolute atomic E-state index is 0.00420. The van der Waals surface area contributed by atoms with Crippen molar-refractivity contribution in [3.63, 3.8) is 0 Å². The molecule has 2 rings (SSSR count). The summed E-state index contributed by atoms with van der Waals surface area (Å²) in [6.45, 7) is 3.84. The number of benzene rings is 1. The van der Waals surface area contributed by atoms with Crippen molar-refractivity contribution in [1.29, 1.82) is 0 Å². The van der Waals surface area contributed by atoms with E-state index in [1.54, 1.807) is 0 Å². The molecule has 0 aliphatic heterocycles. The van der Waals surface area contributed by atoms with Gasteiger partial charge in [0.1, 0.15) is 5.82 Å². The van der Waals surface area contributed by atoms with Crippen LogP contribution in [0, 0.1) is 5.82 Å². The topological polar surface area (TPSA) is 44.5 Å². The number of methoxy groups -OCH3 is 1. The minimum atomic E-state index is -0.445. The average molecular weight is 239 g/mol. The highest BCUT2D eigenvalue weighted by Gasteiger charge is 2.43. The summed E-state index contributed by atoms with van der Waals surface area (Å²) in [4.78, 5) is 0. The van der Waals surface area contributed by atoms with Crippen molar-refractivity contribution in [2.24, 2.45) is 5.73 Å². The molecule has 94 valence electrons. The average Bonchev–Trinajstić information content (AvgIpc) is 2.99. The van der Waals surface area contributed by atoms with Crippen LogP contribution in [-0.2, 0) is 5.54 Å². The maximum atomic E-state index is 13.5. The maximum absolute atomic E-state index is 13.5. The first-order chi connectivity index (χ1) is 7.96. The van der Waals surface area contributed by atoms with E-state index in [-0.39, 0.29) is 11.9 Å². The SMILES string of the molecule is COc1cc(F)cc(C2(N)CC2)c1OC(C)C. The van der Waals surface area contributed by atoms with Crippen molar-refractivity contribution in [2.75, 3.05) is 7.11 Å². The van der Waals surface area contributed by atoms with Crippen molar-refractivity contribution >= 4 is 0 Å². The number of ether oxygens (including phenoxy) is 2. The first-order valence-corrected chi connectivity index (χ1v) is 5.80. The molecule has 1 aliphatic rings. The number of halogens is 1. The van der Waals surface area contributed by atoms with Crippen molar-refractivity contribution < 1.29 is 13.9 Å². The predicted octanol–water partition coefficient (Wildman–Crippen LogP) is 2.57. The normalized spacial score (nSPS) is 17.1. The Morgan fingerprint density at radius 2 is 2.00 bits per heavy atom. The van der Waals surface area contributed by atoms with E-state index in [1.165, 1.54) is 19.2 Å². The van der Waals surface area contributed by atoms with Gasteiger partial charge in [0.15, 0.2) is 11.5 Å². The third kappa shape index (κ3) is 2.36. The first-order valence-electron chi connectivity index (χ1n) is 5.80. The molecule has 0 radical (unpaired) electrons. The Bertz CT molecular complexity index is 428. The van der Waals surface area contributed by atoms with E-state index in [1.807, 2.05) is 13.8 Å². The Kier molecular flexibility index (Phi) is 3.00. The molecular formula is C13H18FNO2. The second-order valence-electron chi connectivity index (χ2n) is 4.81. The van der Waals surface area contributed by atoms with Gasteiger partial charge in [-0.1, -0.05) is 0 Å². The first kappa shape index (κ1) is 12.2. The maximum Gasteiger partial charge on any atom is 0.166 e. The van der Waals surface area contributed by atoms with Crippen molar-refractivity contribution in [2.45, 2.75) is 38.3 Å². The largest absolute Gasteiger partial charge is 0.493 e. The molecule has 0 spiro atoms. The zero-order valence-corrected chi connectivity index (χ0v) is 10.4. The molecule has 0 bridgehead atoms. The van der Waals surface area contributed by atoms with Crippen LogP contribution < -0.4 is 15.2 Å². The van der Waals surface area contributed by atoms with Gasteiger partial charge in [-0.25, -0.2) is 4.39 Å². The Labute approximate surface area is 101 Å². The van der Waals surface area contributed by atoms with Gasteiger partial charge in [-0.2, -0.15) is 0 Å². The quantitative estimate of drug-likeness (QED) is 0.878. The van der Waals surface area contributed by atoms with Crippen molar-refractivity contribution in [3.05, 3.63) is 23.5 Å². The summed E-state index contributed by atoms with van der Waals surface area (Å²) < 4.78 is 24.4. The van der Waals surface area contributed by atoms with E-state index in [0.717, 1.165) is 12.8 Å². The van der Waals surface area contributed by atoms with E-state index in [4.69, 9.17) is 15.2 Å². The third-order valence-electron chi connectivity index (χ3n) is 2.92. The van der Waals surface area contributed by atoms with Gasteiger partial charge in [-0.05, 0) is 32.8 Å².